The molecular weight excluding hydrogens is 300 g/mol. The zero-order valence-corrected chi connectivity index (χ0v) is 14.1. The van der Waals surface area contributed by atoms with Crippen LogP contribution in [0.4, 0.5) is 0 Å². The lowest BCUT2D eigenvalue weighted by atomic mass is 10.0. The fourth-order valence-electron chi connectivity index (χ4n) is 3.05. The van der Waals surface area contributed by atoms with Crippen LogP contribution < -0.4 is 5.32 Å². The van der Waals surface area contributed by atoms with E-state index in [0.29, 0.717) is 11.6 Å². The number of piperidine rings is 1. The van der Waals surface area contributed by atoms with Gasteiger partial charge >= 0.3 is 0 Å². The van der Waals surface area contributed by atoms with E-state index in [0.717, 1.165) is 32.5 Å². The molecule has 1 saturated heterocycles. The molecule has 0 saturated carbocycles. The molecule has 3 rings (SSSR count). The fraction of sp³-hybridized carbons (Fsp3) is 0.350. The largest absolute Gasteiger partial charge is 0.472 e. The van der Waals surface area contributed by atoms with Crippen molar-refractivity contribution in [2.24, 2.45) is 0 Å². The molecule has 1 amide bonds. The van der Waals surface area contributed by atoms with E-state index in [-0.39, 0.29) is 5.91 Å². The summed E-state index contributed by atoms with van der Waals surface area (Å²) in [5, 5.41) is 3.61. The van der Waals surface area contributed by atoms with Crippen molar-refractivity contribution in [3.8, 4) is 0 Å². The second-order valence-electron chi connectivity index (χ2n) is 6.36. The summed E-state index contributed by atoms with van der Waals surface area (Å²) in [4.78, 5) is 14.2. The lowest BCUT2D eigenvalue weighted by Crippen LogP contribution is -2.45. The zero-order chi connectivity index (χ0) is 16.8. The van der Waals surface area contributed by atoms with E-state index in [4.69, 9.17) is 4.42 Å². The van der Waals surface area contributed by atoms with Crippen molar-refractivity contribution >= 4 is 12.0 Å². The Labute approximate surface area is 143 Å². The normalized spacial score (nSPS) is 16.4. The predicted molar refractivity (Wildman–Crippen MR) is 95.7 cm³/mol. The predicted octanol–water partition coefficient (Wildman–Crippen LogP) is 3.58. The maximum absolute atomic E-state index is 12.3. The number of nitrogens with zero attached hydrogens (tertiary/aromatic N) is 1. The summed E-state index contributed by atoms with van der Waals surface area (Å²) < 4.78 is 5.00. The van der Waals surface area contributed by atoms with Crippen molar-refractivity contribution < 1.29 is 9.21 Å². The van der Waals surface area contributed by atoms with Crippen molar-refractivity contribution in [3.05, 3.63) is 65.6 Å². The maximum atomic E-state index is 12.3. The monoisotopic (exact) mass is 324 g/mol. The van der Waals surface area contributed by atoms with Gasteiger partial charge in [0.2, 0.25) is 0 Å². The highest BCUT2D eigenvalue weighted by molar-refractivity contribution is 5.93. The average Bonchev–Trinajstić information content (AvgIpc) is 3.15. The van der Waals surface area contributed by atoms with Gasteiger partial charge in [0, 0.05) is 25.7 Å². The van der Waals surface area contributed by atoms with Crippen LogP contribution in [0.1, 0.15) is 35.7 Å². The zero-order valence-electron chi connectivity index (χ0n) is 14.1. The Kier molecular flexibility index (Phi) is 5.49. The number of carbonyl (C=O) groups is 1. The van der Waals surface area contributed by atoms with Crippen LogP contribution in [0.15, 0.2) is 58.9 Å². The number of rotatable bonds is 5. The first-order valence-electron chi connectivity index (χ1n) is 8.49. The van der Waals surface area contributed by atoms with Crippen LogP contribution in [0.2, 0.25) is 0 Å². The van der Waals surface area contributed by atoms with Crippen molar-refractivity contribution in [2.45, 2.75) is 25.8 Å². The molecule has 1 aliphatic rings. The topological polar surface area (TPSA) is 45.5 Å². The number of furan rings is 1. The quantitative estimate of drug-likeness (QED) is 0.914. The Balaban J connectivity index is 1.44. The smallest absolute Gasteiger partial charge is 0.257 e. The van der Waals surface area contributed by atoms with Gasteiger partial charge < -0.3 is 14.6 Å². The first kappa shape index (κ1) is 16.5. The van der Waals surface area contributed by atoms with Gasteiger partial charge in [-0.15, -0.1) is 0 Å². The summed E-state index contributed by atoms with van der Waals surface area (Å²) in [5.74, 6) is 0.0716. The summed E-state index contributed by atoms with van der Waals surface area (Å²) in [7, 11) is 0. The van der Waals surface area contributed by atoms with Gasteiger partial charge in [0.05, 0.1) is 11.8 Å². The van der Waals surface area contributed by atoms with Gasteiger partial charge in [-0.2, -0.15) is 0 Å². The minimum Gasteiger partial charge on any atom is -0.472 e. The number of hydrogen-bond donors (Lipinski definition) is 1. The van der Waals surface area contributed by atoms with Crippen molar-refractivity contribution in [2.75, 3.05) is 19.6 Å². The van der Waals surface area contributed by atoms with Gasteiger partial charge in [-0.3, -0.25) is 4.79 Å². The highest BCUT2D eigenvalue weighted by Gasteiger charge is 2.23. The van der Waals surface area contributed by atoms with Gasteiger partial charge in [-0.05, 0) is 31.4 Å². The van der Waals surface area contributed by atoms with E-state index in [1.165, 1.54) is 17.4 Å². The molecular formula is C20H24N2O2. The van der Waals surface area contributed by atoms with E-state index >= 15 is 0 Å². The lowest BCUT2D eigenvalue weighted by Gasteiger charge is -2.32. The van der Waals surface area contributed by atoms with Crippen LogP contribution in [0.3, 0.4) is 0 Å². The molecule has 0 atom stereocenters. The highest BCUT2D eigenvalue weighted by Crippen LogP contribution is 2.15. The van der Waals surface area contributed by atoms with Gasteiger partial charge in [0.1, 0.15) is 6.26 Å². The number of benzene rings is 1. The minimum atomic E-state index is 0.0716. The second kappa shape index (κ2) is 7.97. The Bertz CT molecular complexity index is 669. The second-order valence-corrected chi connectivity index (χ2v) is 6.36. The van der Waals surface area contributed by atoms with Crippen molar-refractivity contribution in [3.63, 3.8) is 0 Å². The summed E-state index contributed by atoms with van der Waals surface area (Å²) >= 11 is 0. The number of amides is 1. The molecule has 2 heterocycles. The van der Waals surface area contributed by atoms with Gasteiger partial charge in [0.15, 0.2) is 0 Å². The van der Waals surface area contributed by atoms with Crippen LogP contribution in [-0.2, 0) is 0 Å². The molecule has 4 heteroatoms. The van der Waals surface area contributed by atoms with Crippen LogP contribution in [0.25, 0.3) is 6.08 Å². The first-order chi connectivity index (χ1) is 11.7. The summed E-state index contributed by atoms with van der Waals surface area (Å²) in [6.45, 7) is 4.62. The first-order valence-corrected chi connectivity index (χ1v) is 8.49. The van der Waals surface area contributed by atoms with Gasteiger partial charge in [-0.25, -0.2) is 0 Å². The van der Waals surface area contributed by atoms with Gasteiger partial charge in [0.25, 0.3) is 5.91 Å². The molecule has 0 unspecified atom stereocenters. The highest BCUT2D eigenvalue weighted by atomic mass is 16.3. The molecule has 4 nitrogen and oxygen atoms in total. The molecule has 1 fully saturated rings. The maximum Gasteiger partial charge on any atom is 0.257 e. The van der Waals surface area contributed by atoms with Gasteiger partial charge in [-0.1, -0.05) is 42.0 Å². The number of carbonyl (C=O) groups excluding carboxylic acids is 1. The van der Waals surface area contributed by atoms with E-state index in [1.807, 2.05) is 11.0 Å². The molecule has 1 aromatic carbocycles. The van der Waals surface area contributed by atoms with Crippen molar-refractivity contribution in [1.29, 1.82) is 0 Å². The number of nitrogens with one attached hydrogen (secondary N) is 1. The SMILES string of the molecule is C/C(=C/c1ccccc1)CNC1CCN(C(=O)c2ccoc2)CC1. The van der Waals surface area contributed by atoms with E-state index < -0.39 is 0 Å². The number of hydrogen-bond acceptors (Lipinski definition) is 3. The van der Waals surface area contributed by atoms with E-state index in [1.54, 1.807) is 12.3 Å². The third-order valence-electron chi connectivity index (χ3n) is 4.43. The van der Waals surface area contributed by atoms with Crippen molar-refractivity contribution in [1.82, 2.24) is 10.2 Å². The molecule has 24 heavy (non-hydrogen) atoms. The summed E-state index contributed by atoms with van der Waals surface area (Å²) in [6, 6.07) is 12.6. The Morgan fingerprint density at radius 3 is 2.67 bits per heavy atom. The Hall–Kier alpha value is -2.33. The number of likely N-dealkylation sites (tertiary alicyclic amines) is 1. The molecule has 1 N–H and O–H groups in total. The molecule has 0 bridgehead atoms. The minimum absolute atomic E-state index is 0.0716. The van der Waals surface area contributed by atoms with E-state index in [2.05, 4.69) is 42.6 Å². The van der Waals surface area contributed by atoms with Crippen LogP contribution >= 0.6 is 0 Å². The third-order valence-corrected chi connectivity index (χ3v) is 4.43. The Morgan fingerprint density at radius 2 is 2.00 bits per heavy atom. The molecule has 2 aromatic rings. The molecule has 0 aliphatic carbocycles. The fourth-order valence-corrected chi connectivity index (χ4v) is 3.05. The third kappa shape index (κ3) is 4.36. The molecule has 1 aliphatic heterocycles. The standard InChI is InChI=1S/C20H24N2O2/c1-16(13-17-5-3-2-4-6-17)14-21-19-7-10-22(11-8-19)20(23)18-9-12-24-15-18/h2-6,9,12-13,15,19,21H,7-8,10-11,14H2,1H3/b16-13-. The van der Waals surface area contributed by atoms with E-state index in [9.17, 15) is 4.79 Å². The lowest BCUT2D eigenvalue weighted by molar-refractivity contribution is 0.0705. The Morgan fingerprint density at radius 1 is 1.25 bits per heavy atom. The molecule has 1 aromatic heterocycles. The molecule has 0 radical (unpaired) electrons. The van der Waals surface area contributed by atoms with Crippen LogP contribution in [0.5, 0.6) is 0 Å². The van der Waals surface area contributed by atoms with Crippen LogP contribution in [0, 0.1) is 0 Å². The summed E-state index contributed by atoms with van der Waals surface area (Å²) in [6.07, 6.45) is 7.25. The molecule has 126 valence electrons. The summed E-state index contributed by atoms with van der Waals surface area (Å²) in [5.41, 5.74) is 3.19. The van der Waals surface area contributed by atoms with Crippen LogP contribution in [-0.4, -0.2) is 36.5 Å². The molecule has 0 spiro atoms. The average molecular weight is 324 g/mol.